The standard InChI is InChI=1S/C18H23ClN4O/c1-13-10-17(22(2)21-13)18(24)20-16-6-8-23(9-7-16)12-14-4-3-5-15(19)11-14/h3-5,10-11,16H,6-9,12H2,1-2H3,(H,20,24). The number of carbonyl (C=O) groups excluding carboxylic acids is 1. The molecule has 1 amide bonds. The van der Waals surface area contributed by atoms with Crippen LogP contribution in [0.5, 0.6) is 0 Å². The lowest BCUT2D eigenvalue weighted by atomic mass is 10.0. The summed E-state index contributed by atoms with van der Waals surface area (Å²) in [7, 11) is 1.80. The zero-order valence-corrected chi connectivity index (χ0v) is 14.9. The summed E-state index contributed by atoms with van der Waals surface area (Å²) in [5.41, 5.74) is 2.71. The Morgan fingerprint density at radius 3 is 2.71 bits per heavy atom. The summed E-state index contributed by atoms with van der Waals surface area (Å²) in [6.45, 7) is 4.75. The lowest BCUT2D eigenvalue weighted by Crippen LogP contribution is -2.44. The molecule has 3 rings (SSSR count). The Balaban J connectivity index is 1.50. The molecule has 0 unspecified atom stereocenters. The zero-order chi connectivity index (χ0) is 17.1. The normalized spacial score (nSPS) is 16.3. The van der Waals surface area contributed by atoms with Gasteiger partial charge >= 0.3 is 0 Å². The highest BCUT2D eigenvalue weighted by Crippen LogP contribution is 2.17. The van der Waals surface area contributed by atoms with Crippen LogP contribution in [-0.4, -0.2) is 39.7 Å². The number of nitrogens with one attached hydrogen (secondary N) is 1. The number of benzene rings is 1. The van der Waals surface area contributed by atoms with Crippen molar-refractivity contribution in [2.75, 3.05) is 13.1 Å². The fourth-order valence-corrected chi connectivity index (χ4v) is 3.42. The maximum atomic E-state index is 12.4. The molecule has 5 nitrogen and oxygen atoms in total. The summed E-state index contributed by atoms with van der Waals surface area (Å²) >= 11 is 6.04. The molecule has 1 aromatic carbocycles. The summed E-state index contributed by atoms with van der Waals surface area (Å²) in [5.74, 6) is -0.0357. The molecule has 0 atom stereocenters. The van der Waals surface area contributed by atoms with Crippen molar-refractivity contribution >= 4 is 17.5 Å². The van der Waals surface area contributed by atoms with Crippen LogP contribution in [0.2, 0.25) is 5.02 Å². The molecule has 2 heterocycles. The van der Waals surface area contributed by atoms with Gasteiger partial charge in [0, 0.05) is 37.7 Å². The van der Waals surface area contributed by atoms with E-state index in [9.17, 15) is 4.79 Å². The first-order valence-electron chi connectivity index (χ1n) is 8.29. The lowest BCUT2D eigenvalue weighted by molar-refractivity contribution is 0.0899. The lowest BCUT2D eigenvalue weighted by Gasteiger charge is -2.32. The zero-order valence-electron chi connectivity index (χ0n) is 14.1. The van der Waals surface area contributed by atoms with Gasteiger partial charge in [0.15, 0.2) is 0 Å². The molecule has 0 aliphatic carbocycles. The molecule has 0 bridgehead atoms. The number of rotatable bonds is 4. The van der Waals surface area contributed by atoms with Gasteiger partial charge in [-0.3, -0.25) is 14.4 Å². The summed E-state index contributed by atoms with van der Waals surface area (Å²) in [6, 6.07) is 10.0. The summed E-state index contributed by atoms with van der Waals surface area (Å²) in [6.07, 6.45) is 1.92. The number of halogens is 1. The fraction of sp³-hybridized carbons (Fsp3) is 0.444. The van der Waals surface area contributed by atoms with E-state index in [1.807, 2.05) is 31.2 Å². The molecule has 1 N–H and O–H groups in total. The first kappa shape index (κ1) is 17.0. The van der Waals surface area contributed by atoms with E-state index in [0.29, 0.717) is 5.69 Å². The van der Waals surface area contributed by atoms with Gasteiger partial charge in [-0.15, -0.1) is 0 Å². The molecule has 6 heteroatoms. The van der Waals surface area contributed by atoms with Crippen LogP contribution in [0.1, 0.15) is 34.6 Å². The average molecular weight is 347 g/mol. The number of hydrogen-bond acceptors (Lipinski definition) is 3. The highest BCUT2D eigenvalue weighted by atomic mass is 35.5. The van der Waals surface area contributed by atoms with Gasteiger partial charge < -0.3 is 5.32 Å². The van der Waals surface area contributed by atoms with E-state index in [0.717, 1.165) is 43.2 Å². The number of nitrogens with zero attached hydrogens (tertiary/aromatic N) is 3. The molecule has 1 saturated heterocycles. The first-order valence-corrected chi connectivity index (χ1v) is 8.67. The van der Waals surface area contributed by atoms with Crippen molar-refractivity contribution in [3.8, 4) is 0 Å². The Kier molecular flexibility index (Phi) is 5.21. The molecular weight excluding hydrogens is 324 g/mol. The number of likely N-dealkylation sites (tertiary alicyclic amines) is 1. The van der Waals surface area contributed by atoms with Crippen LogP contribution < -0.4 is 5.32 Å². The van der Waals surface area contributed by atoms with Crippen LogP contribution >= 0.6 is 11.6 Å². The maximum Gasteiger partial charge on any atom is 0.269 e. The number of piperidine rings is 1. The van der Waals surface area contributed by atoms with Gasteiger partial charge in [0.25, 0.3) is 5.91 Å². The predicted molar refractivity (Wildman–Crippen MR) is 95.2 cm³/mol. The van der Waals surface area contributed by atoms with Crippen LogP contribution in [0.15, 0.2) is 30.3 Å². The van der Waals surface area contributed by atoms with Crippen LogP contribution in [0.4, 0.5) is 0 Å². The topological polar surface area (TPSA) is 50.2 Å². The Bertz CT molecular complexity index is 720. The van der Waals surface area contributed by atoms with Crippen LogP contribution in [0.25, 0.3) is 0 Å². The largest absolute Gasteiger partial charge is 0.348 e. The summed E-state index contributed by atoms with van der Waals surface area (Å²) in [5, 5.41) is 8.14. The second kappa shape index (κ2) is 7.36. The predicted octanol–water partition coefficient (Wildman–Crippen LogP) is 2.78. The van der Waals surface area contributed by atoms with Crippen molar-refractivity contribution in [1.82, 2.24) is 20.0 Å². The van der Waals surface area contributed by atoms with E-state index in [4.69, 9.17) is 11.6 Å². The van der Waals surface area contributed by atoms with Crippen LogP contribution in [0.3, 0.4) is 0 Å². The Hall–Kier alpha value is -1.85. The third-order valence-electron chi connectivity index (χ3n) is 4.45. The molecule has 0 spiro atoms. The number of carbonyl (C=O) groups is 1. The van der Waals surface area contributed by atoms with E-state index in [1.54, 1.807) is 11.7 Å². The van der Waals surface area contributed by atoms with Gasteiger partial charge in [-0.2, -0.15) is 5.10 Å². The van der Waals surface area contributed by atoms with E-state index in [2.05, 4.69) is 21.4 Å². The molecule has 1 fully saturated rings. The Labute approximate surface area is 147 Å². The van der Waals surface area contributed by atoms with Crippen molar-refractivity contribution < 1.29 is 4.79 Å². The highest BCUT2D eigenvalue weighted by Gasteiger charge is 2.22. The monoisotopic (exact) mass is 346 g/mol. The number of aryl methyl sites for hydroxylation is 2. The van der Waals surface area contributed by atoms with Crippen molar-refractivity contribution in [3.63, 3.8) is 0 Å². The minimum Gasteiger partial charge on any atom is -0.348 e. The van der Waals surface area contributed by atoms with Gasteiger partial charge in [0.1, 0.15) is 5.69 Å². The second-order valence-corrected chi connectivity index (χ2v) is 6.88. The summed E-state index contributed by atoms with van der Waals surface area (Å²) in [4.78, 5) is 14.8. The molecule has 1 aromatic heterocycles. The van der Waals surface area contributed by atoms with Gasteiger partial charge in [-0.05, 0) is 43.5 Å². The molecule has 0 radical (unpaired) electrons. The van der Waals surface area contributed by atoms with Gasteiger partial charge in [0.2, 0.25) is 0 Å². The number of aromatic nitrogens is 2. The molecule has 128 valence electrons. The van der Waals surface area contributed by atoms with E-state index >= 15 is 0 Å². The van der Waals surface area contributed by atoms with Crippen molar-refractivity contribution in [3.05, 3.63) is 52.3 Å². The van der Waals surface area contributed by atoms with Crippen molar-refractivity contribution in [2.45, 2.75) is 32.4 Å². The highest BCUT2D eigenvalue weighted by molar-refractivity contribution is 6.30. The van der Waals surface area contributed by atoms with E-state index in [1.165, 1.54) is 5.56 Å². The Morgan fingerprint density at radius 1 is 1.33 bits per heavy atom. The minimum absolute atomic E-state index is 0.0357. The third kappa shape index (κ3) is 4.16. The van der Waals surface area contributed by atoms with Crippen molar-refractivity contribution in [1.29, 1.82) is 0 Å². The quantitative estimate of drug-likeness (QED) is 0.926. The van der Waals surface area contributed by atoms with E-state index in [-0.39, 0.29) is 11.9 Å². The fourth-order valence-electron chi connectivity index (χ4n) is 3.21. The third-order valence-corrected chi connectivity index (χ3v) is 4.69. The minimum atomic E-state index is -0.0357. The van der Waals surface area contributed by atoms with Crippen LogP contribution in [-0.2, 0) is 13.6 Å². The molecule has 1 aliphatic rings. The SMILES string of the molecule is Cc1cc(C(=O)NC2CCN(Cc3cccc(Cl)c3)CC2)n(C)n1. The van der Waals surface area contributed by atoms with Crippen molar-refractivity contribution in [2.24, 2.45) is 7.05 Å². The molecular formula is C18H23ClN4O. The molecule has 2 aromatic rings. The average Bonchev–Trinajstić information content (AvgIpc) is 2.88. The van der Waals surface area contributed by atoms with Crippen LogP contribution in [0, 0.1) is 6.92 Å². The van der Waals surface area contributed by atoms with E-state index < -0.39 is 0 Å². The summed E-state index contributed by atoms with van der Waals surface area (Å²) < 4.78 is 1.64. The van der Waals surface area contributed by atoms with Gasteiger partial charge in [-0.1, -0.05) is 23.7 Å². The number of amides is 1. The van der Waals surface area contributed by atoms with Gasteiger partial charge in [-0.25, -0.2) is 0 Å². The maximum absolute atomic E-state index is 12.4. The van der Waals surface area contributed by atoms with Gasteiger partial charge in [0.05, 0.1) is 5.69 Å². The number of hydrogen-bond donors (Lipinski definition) is 1. The Morgan fingerprint density at radius 2 is 2.08 bits per heavy atom. The smallest absolute Gasteiger partial charge is 0.269 e. The first-order chi connectivity index (χ1) is 11.5. The molecule has 24 heavy (non-hydrogen) atoms. The second-order valence-electron chi connectivity index (χ2n) is 6.45. The molecule has 0 saturated carbocycles. The molecule has 1 aliphatic heterocycles.